The van der Waals surface area contributed by atoms with E-state index in [0.717, 1.165) is 6.04 Å². The molecule has 0 saturated carbocycles. The van der Waals surface area contributed by atoms with Crippen molar-refractivity contribution >= 4 is 0 Å². The van der Waals surface area contributed by atoms with Gasteiger partial charge >= 0.3 is 0 Å². The Morgan fingerprint density at radius 2 is 1.62 bits per heavy atom. The third kappa shape index (κ3) is 3.68. The van der Waals surface area contributed by atoms with E-state index in [1.165, 1.54) is 58.0 Å². The van der Waals surface area contributed by atoms with Gasteiger partial charge in [0.15, 0.2) is 0 Å². The molecule has 1 atom stereocenters. The number of likely N-dealkylation sites (tertiary alicyclic amines) is 1. The van der Waals surface area contributed by atoms with Gasteiger partial charge in [0.05, 0.1) is 0 Å². The predicted octanol–water partition coefficient (Wildman–Crippen LogP) is 3.44. The summed E-state index contributed by atoms with van der Waals surface area (Å²) in [5.74, 6) is 0. The summed E-state index contributed by atoms with van der Waals surface area (Å²) in [6.45, 7) is 7.36. The summed E-state index contributed by atoms with van der Waals surface area (Å²) in [7, 11) is 0. The monoisotopic (exact) mass is 183 g/mol. The molecule has 0 N–H and O–H groups in total. The average Bonchev–Trinajstić information content (AvgIpc) is 2.42. The van der Waals surface area contributed by atoms with Crippen LogP contribution < -0.4 is 0 Å². The highest BCUT2D eigenvalue weighted by molar-refractivity contribution is 4.72. The van der Waals surface area contributed by atoms with Crippen LogP contribution in [-0.2, 0) is 0 Å². The summed E-state index contributed by atoms with van der Waals surface area (Å²) in [6.07, 6.45) is 9.86. The molecular formula is C12H25N. The van der Waals surface area contributed by atoms with Crippen LogP contribution in [0.3, 0.4) is 0 Å². The van der Waals surface area contributed by atoms with Crippen molar-refractivity contribution in [2.45, 2.75) is 64.8 Å². The van der Waals surface area contributed by atoms with Crippen LogP contribution in [0, 0.1) is 0 Å². The summed E-state index contributed by atoms with van der Waals surface area (Å²) in [4.78, 5) is 2.73. The lowest BCUT2D eigenvalue weighted by Crippen LogP contribution is -2.35. The maximum absolute atomic E-state index is 2.73. The van der Waals surface area contributed by atoms with Crippen molar-refractivity contribution in [1.29, 1.82) is 0 Å². The Bertz CT molecular complexity index is 114. The Kier molecular flexibility index (Phi) is 5.45. The molecule has 1 rings (SSSR count). The van der Waals surface area contributed by atoms with Crippen LogP contribution in [-0.4, -0.2) is 24.0 Å². The molecule has 0 aromatic rings. The van der Waals surface area contributed by atoms with Crippen LogP contribution in [0.1, 0.15) is 58.8 Å². The fraction of sp³-hybridized carbons (Fsp3) is 1.00. The minimum atomic E-state index is 0.878. The van der Waals surface area contributed by atoms with E-state index in [9.17, 15) is 0 Å². The smallest absolute Gasteiger partial charge is 0.00925 e. The second-order valence-corrected chi connectivity index (χ2v) is 4.30. The zero-order chi connectivity index (χ0) is 9.52. The molecule has 13 heavy (non-hydrogen) atoms. The van der Waals surface area contributed by atoms with Crippen LogP contribution in [0.2, 0.25) is 0 Å². The molecule has 1 aliphatic heterocycles. The maximum atomic E-state index is 2.73. The SMILES string of the molecule is CCCC(CC)N1CCCCCC1. The van der Waals surface area contributed by atoms with Crippen LogP contribution in [0.4, 0.5) is 0 Å². The topological polar surface area (TPSA) is 3.24 Å². The molecule has 0 spiro atoms. The minimum absolute atomic E-state index is 0.878. The van der Waals surface area contributed by atoms with Gasteiger partial charge in [-0.2, -0.15) is 0 Å². The van der Waals surface area contributed by atoms with E-state index in [0.29, 0.717) is 0 Å². The quantitative estimate of drug-likeness (QED) is 0.645. The third-order valence-corrected chi connectivity index (χ3v) is 3.25. The number of nitrogens with zero attached hydrogens (tertiary/aromatic N) is 1. The number of hydrogen-bond acceptors (Lipinski definition) is 1. The van der Waals surface area contributed by atoms with Gasteiger partial charge in [-0.15, -0.1) is 0 Å². The molecule has 1 heteroatoms. The first-order valence-electron chi connectivity index (χ1n) is 6.12. The molecule has 0 aromatic carbocycles. The van der Waals surface area contributed by atoms with Crippen molar-refractivity contribution in [2.75, 3.05) is 13.1 Å². The first-order valence-corrected chi connectivity index (χ1v) is 6.12. The molecule has 1 heterocycles. The van der Waals surface area contributed by atoms with E-state index in [1.807, 2.05) is 0 Å². The van der Waals surface area contributed by atoms with Crippen molar-refractivity contribution in [3.8, 4) is 0 Å². The van der Waals surface area contributed by atoms with Crippen molar-refractivity contribution in [2.24, 2.45) is 0 Å². The van der Waals surface area contributed by atoms with Crippen molar-refractivity contribution < 1.29 is 0 Å². The van der Waals surface area contributed by atoms with E-state index in [-0.39, 0.29) is 0 Å². The maximum Gasteiger partial charge on any atom is 0.00925 e. The second-order valence-electron chi connectivity index (χ2n) is 4.30. The van der Waals surface area contributed by atoms with Crippen molar-refractivity contribution in [3.63, 3.8) is 0 Å². The Balaban J connectivity index is 2.35. The molecule has 78 valence electrons. The van der Waals surface area contributed by atoms with E-state index < -0.39 is 0 Å². The summed E-state index contributed by atoms with van der Waals surface area (Å²) in [5.41, 5.74) is 0. The van der Waals surface area contributed by atoms with Crippen LogP contribution in [0.5, 0.6) is 0 Å². The van der Waals surface area contributed by atoms with Crippen LogP contribution in [0.15, 0.2) is 0 Å². The second kappa shape index (κ2) is 6.42. The van der Waals surface area contributed by atoms with Gasteiger partial charge in [-0.25, -0.2) is 0 Å². The predicted molar refractivity (Wildman–Crippen MR) is 59.0 cm³/mol. The first kappa shape index (κ1) is 11.0. The molecule has 1 aliphatic rings. The molecule has 1 nitrogen and oxygen atoms in total. The largest absolute Gasteiger partial charge is 0.300 e. The fourth-order valence-electron chi connectivity index (χ4n) is 2.44. The normalized spacial score (nSPS) is 22.6. The van der Waals surface area contributed by atoms with Crippen LogP contribution in [0.25, 0.3) is 0 Å². The van der Waals surface area contributed by atoms with Crippen LogP contribution >= 0.6 is 0 Å². The standard InChI is InChI=1S/C12H25N/c1-3-9-12(4-2)13-10-7-5-6-8-11-13/h12H,3-11H2,1-2H3. The van der Waals surface area contributed by atoms with E-state index in [4.69, 9.17) is 0 Å². The summed E-state index contributed by atoms with van der Waals surface area (Å²) in [5, 5.41) is 0. The molecule has 0 aliphatic carbocycles. The van der Waals surface area contributed by atoms with Gasteiger partial charge in [0.1, 0.15) is 0 Å². The molecule has 0 bridgehead atoms. The molecule has 1 unspecified atom stereocenters. The average molecular weight is 183 g/mol. The molecule has 1 saturated heterocycles. The Morgan fingerprint density at radius 3 is 2.08 bits per heavy atom. The molecule has 0 radical (unpaired) electrons. The summed E-state index contributed by atoms with van der Waals surface area (Å²) in [6, 6.07) is 0.878. The van der Waals surface area contributed by atoms with Crippen molar-refractivity contribution in [3.05, 3.63) is 0 Å². The summed E-state index contributed by atoms with van der Waals surface area (Å²) < 4.78 is 0. The Morgan fingerprint density at radius 1 is 1.00 bits per heavy atom. The summed E-state index contributed by atoms with van der Waals surface area (Å²) >= 11 is 0. The lowest BCUT2D eigenvalue weighted by atomic mass is 10.1. The fourth-order valence-corrected chi connectivity index (χ4v) is 2.44. The van der Waals surface area contributed by atoms with Crippen molar-refractivity contribution in [1.82, 2.24) is 4.90 Å². The van der Waals surface area contributed by atoms with Gasteiger partial charge in [-0.3, -0.25) is 0 Å². The van der Waals surface area contributed by atoms with Gasteiger partial charge in [-0.05, 0) is 38.8 Å². The van der Waals surface area contributed by atoms with Gasteiger partial charge in [0.25, 0.3) is 0 Å². The number of hydrogen-bond donors (Lipinski definition) is 0. The highest BCUT2D eigenvalue weighted by Crippen LogP contribution is 2.17. The van der Waals surface area contributed by atoms with Gasteiger partial charge in [0, 0.05) is 6.04 Å². The lowest BCUT2D eigenvalue weighted by molar-refractivity contribution is 0.187. The minimum Gasteiger partial charge on any atom is -0.300 e. The van der Waals surface area contributed by atoms with E-state index in [1.54, 1.807) is 0 Å². The molecular weight excluding hydrogens is 158 g/mol. The first-order chi connectivity index (χ1) is 6.38. The Labute approximate surface area is 83.5 Å². The zero-order valence-corrected chi connectivity index (χ0v) is 9.39. The third-order valence-electron chi connectivity index (χ3n) is 3.25. The zero-order valence-electron chi connectivity index (χ0n) is 9.39. The molecule has 0 amide bonds. The Hall–Kier alpha value is -0.0400. The number of rotatable bonds is 4. The lowest BCUT2D eigenvalue weighted by Gasteiger charge is -2.29. The van der Waals surface area contributed by atoms with Gasteiger partial charge in [-0.1, -0.05) is 33.1 Å². The van der Waals surface area contributed by atoms with Gasteiger partial charge in [0.2, 0.25) is 0 Å². The van der Waals surface area contributed by atoms with E-state index >= 15 is 0 Å². The molecule has 1 fully saturated rings. The van der Waals surface area contributed by atoms with E-state index in [2.05, 4.69) is 18.7 Å². The van der Waals surface area contributed by atoms with Gasteiger partial charge < -0.3 is 4.90 Å². The highest BCUT2D eigenvalue weighted by Gasteiger charge is 2.16. The highest BCUT2D eigenvalue weighted by atomic mass is 15.1. The molecule has 0 aromatic heterocycles.